The van der Waals surface area contributed by atoms with E-state index in [-0.39, 0.29) is 11.8 Å². The molecule has 0 unspecified atom stereocenters. The van der Waals surface area contributed by atoms with Crippen LogP contribution in [0.5, 0.6) is 0 Å². The number of carbonyl (C=O) groups is 2. The van der Waals surface area contributed by atoms with Gasteiger partial charge in [-0.05, 0) is 31.9 Å². The van der Waals surface area contributed by atoms with Crippen LogP contribution in [0.1, 0.15) is 36.4 Å². The van der Waals surface area contributed by atoms with E-state index in [0.29, 0.717) is 50.7 Å². The molecule has 2 heterocycles. The topological polar surface area (TPSA) is 122 Å². The number of hydrogen-bond donors (Lipinski definition) is 4. The van der Waals surface area contributed by atoms with Crippen LogP contribution in [0.15, 0.2) is 24.3 Å². The molecule has 0 radical (unpaired) electrons. The summed E-state index contributed by atoms with van der Waals surface area (Å²) in [5, 5.41) is 9.49. The Morgan fingerprint density at radius 1 is 1.28 bits per heavy atom. The highest BCUT2D eigenvalue weighted by molar-refractivity contribution is 7.21. The van der Waals surface area contributed by atoms with Gasteiger partial charge in [0.15, 0.2) is 5.78 Å². The van der Waals surface area contributed by atoms with Gasteiger partial charge in [0.1, 0.15) is 4.83 Å². The van der Waals surface area contributed by atoms with Gasteiger partial charge in [0.2, 0.25) is 5.95 Å². The fraction of sp³-hybridized carbons (Fsp3) is 0.300. The first-order chi connectivity index (χ1) is 14.0. The van der Waals surface area contributed by atoms with Crippen molar-refractivity contribution < 1.29 is 9.59 Å². The molecule has 2 aromatic heterocycles. The van der Waals surface area contributed by atoms with Crippen molar-refractivity contribution in [2.24, 2.45) is 0 Å². The minimum absolute atomic E-state index is 0.0974. The molecule has 0 atom stereocenters. The average molecular weight is 411 g/mol. The minimum Gasteiger partial charge on any atom is -0.397 e. The van der Waals surface area contributed by atoms with Gasteiger partial charge in [-0.3, -0.25) is 4.79 Å². The number of nitrogen functional groups attached to an aromatic ring is 1. The minimum atomic E-state index is -0.275. The monoisotopic (exact) mass is 410 g/mol. The Hall–Kier alpha value is -3.20. The number of nitrogens with zero attached hydrogens (tertiary/aromatic N) is 2. The number of nitrogens with two attached hydrogens (primary N) is 1. The second-order valence-electron chi connectivity index (χ2n) is 6.96. The first-order valence-electron chi connectivity index (χ1n) is 9.49. The van der Waals surface area contributed by atoms with E-state index in [4.69, 9.17) is 10.7 Å². The number of rotatable bonds is 6. The SMILES string of the molecule is CCNC(=O)Nc1cccc(-c2nc(NC3CC3)nc3sc(C(C)=O)c(N)c23)c1. The Kier molecular flexibility index (Phi) is 5.06. The summed E-state index contributed by atoms with van der Waals surface area (Å²) in [5.74, 6) is 0.424. The van der Waals surface area contributed by atoms with Crippen LogP contribution in [0.25, 0.3) is 21.5 Å². The molecule has 1 aromatic carbocycles. The molecule has 0 saturated heterocycles. The number of fused-ring (bicyclic) bond motifs is 1. The fourth-order valence-corrected chi connectivity index (χ4v) is 4.04. The van der Waals surface area contributed by atoms with Crippen LogP contribution in [0.4, 0.5) is 22.1 Å². The zero-order chi connectivity index (χ0) is 20.5. The number of carbonyl (C=O) groups excluding carboxylic acids is 2. The predicted molar refractivity (Wildman–Crippen MR) is 117 cm³/mol. The zero-order valence-corrected chi connectivity index (χ0v) is 17.0. The number of aromatic nitrogens is 2. The third-order valence-electron chi connectivity index (χ3n) is 4.55. The molecule has 1 aliphatic rings. The van der Waals surface area contributed by atoms with Crippen molar-refractivity contribution in [3.63, 3.8) is 0 Å². The summed E-state index contributed by atoms with van der Waals surface area (Å²) in [4.78, 5) is 34.3. The molecule has 0 spiro atoms. The summed E-state index contributed by atoms with van der Waals surface area (Å²) < 4.78 is 0. The lowest BCUT2D eigenvalue weighted by Gasteiger charge is -2.11. The normalized spacial score (nSPS) is 13.3. The predicted octanol–water partition coefficient (Wildman–Crippen LogP) is 3.86. The van der Waals surface area contributed by atoms with E-state index < -0.39 is 0 Å². The van der Waals surface area contributed by atoms with Crippen molar-refractivity contribution in [3.05, 3.63) is 29.1 Å². The average Bonchev–Trinajstić information content (AvgIpc) is 3.42. The second-order valence-corrected chi connectivity index (χ2v) is 7.96. The number of Topliss-reactive ketones (excluding diaryl/α,β-unsaturated/α-hetero) is 1. The van der Waals surface area contributed by atoms with Gasteiger partial charge in [0.25, 0.3) is 0 Å². The van der Waals surface area contributed by atoms with Crippen LogP contribution < -0.4 is 21.7 Å². The molecule has 9 heteroatoms. The van der Waals surface area contributed by atoms with Crippen molar-refractivity contribution in [2.75, 3.05) is 22.9 Å². The molecule has 1 fully saturated rings. The molecular weight excluding hydrogens is 388 g/mol. The van der Waals surface area contributed by atoms with Crippen molar-refractivity contribution >= 4 is 50.7 Å². The summed E-state index contributed by atoms with van der Waals surface area (Å²) in [7, 11) is 0. The molecule has 29 heavy (non-hydrogen) atoms. The molecule has 0 aliphatic heterocycles. The number of amides is 2. The van der Waals surface area contributed by atoms with E-state index in [0.717, 1.165) is 18.4 Å². The quantitative estimate of drug-likeness (QED) is 0.458. The standard InChI is InChI=1S/C20H22N6O2S/c1-3-22-20(28)24-13-6-4-5-11(9-13)16-14-15(21)17(10(2)27)29-18(14)26-19(25-16)23-12-7-8-12/h4-6,9,12H,3,7-8,21H2,1-2H3,(H2,22,24,28)(H,23,25,26). The van der Waals surface area contributed by atoms with Gasteiger partial charge in [-0.15, -0.1) is 11.3 Å². The molecule has 150 valence electrons. The lowest BCUT2D eigenvalue weighted by Crippen LogP contribution is -2.28. The number of urea groups is 1. The molecule has 2 amide bonds. The van der Waals surface area contributed by atoms with E-state index >= 15 is 0 Å². The maximum atomic E-state index is 12.0. The summed E-state index contributed by atoms with van der Waals surface area (Å²) in [6.45, 7) is 3.88. The van der Waals surface area contributed by atoms with Gasteiger partial charge in [-0.25, -0.2) is 14.8 Å². The van der Waals surface area contributed by atoms with E-state index in [1.54, 1.807) is 6.07 Å². The van der Waals surface area contributed by atoms with Crippen LogP contribution in [0.3, 0.4) is 0 Å². The first kappa shape index (κ1) is 19.1. The summed E-state index contributed by atoms with van der Waals surface area (Å²) in [5.41, 5.74) is 8.76. The molecule has 0 bridgehead atoms. The molecular formula is C20H22N6O2S. The Morgan fingerprint density at radius 2 is 2.07 bits per heavy atom. The van der Waals surface area contributed by atoms with Crippen LogP contribution >= 0.6 is 11.3 Å². The van der Waals surface area contributed by atoms with Crippen molar-refractivity contribution in [1.82, 2.24) is 15.3 Å². The van der Waals surface area contributed by atoms with Gasteiger partial charge in [0.05, 0.1) is 21.6 Å². The number of benzene rings is 1. The third-order valence-corrected chi connectivity index (χ3v) is 5.75. The van der Waals surface area contributed by atoms with Crippen LogP contribution in [0, 0.1) is 0 Å². The van der Waals surface area contributed by atoms with Gasteiger partial charge in [0, 0.05) is 30.8 Å². The highest BCUT2D eigenvalue weighted by Crippen LogP contribution is 2.40. The maximum absolute atomic E-state index is 12.0. The second kappa shape index (κ2) is 7.67. The van der Waals surface area contributed by atoms with E-state index in [1.165, 1.54) is 18.3 Å². The summed E-state index contributed by atoms with van der Waals surface area (Å²) >= 11 is 1.28. The largest absolute Gasteiger partial charge is 0.397 e. The highest BCUT2D eigenvalue weighted by atomic mass is 32.1. The van der Waals surface area contributed by atoms with E-state index in [1.807, 2.05) is 25.1 Å². The Labute approximate surface area is 171 Å². The van der Waals surface area contributed by atoms with Gasteiger partial charge in [-0.2, -0.15) is 0 Å². The Morgan fingerprint density at radius 3 is 2.76 bits per heavy atom. The molecule has 1 saturated carbocycles. The summed E-state index contributed by atoms with van der Waals surface area (Å²) in [6, 6.07) is 7.49. The Balaban J connectivity index is 1.82. The van der Waals surface area contributed by atoms with Crippen LogP contribution in [-0.2, 0) is 0 Å². The number of nitrogens with one attached hydrogen (secondary N) is 3. The van der Waals surface area contributed by atoms with Crippen LogP contribution in [0.2, 0.25) is 0 Å². The van der Waals surface area contributed by atoms with Crippen LogP contribution in [-0.4, -0.2) is 34.4 Å². The molecule has 3 aromatic rings. The van der Waals surface area contributed by atoms with Crippen molar-refractivity contribution in [1.29, 1.82) is 0 Å². The lowest BCUT2D eigenvalue weighted by atomic mass is 10.1. The lowest BCUT2D eigenvalue weighted by molar-refractivity contribution is 0.102. The third kappa shape index (κ3) is 4.00. The molecule has 4 rings (SSSR count). The molecule has 8 nitrogen and oxygen atoms in total. The van der Waals surface area contributed by atoms with E-state index in [9.17, 15) is 9.59 Å². The number of hydrogen-bond acceptors (Lipinski definition) is 7. The summed E-state index contributed by atoms with van der Waals surface area (Å²) in [6.07, 6.45) is 2.18. The number of ketones is 1. The first-order valence-corrected chi connectivity index (χ1v) is 10.3. The number of thiophene rings is 1. The Bertz CT molecular complexity index is 1110. The maximum Gasteiger partial charge on any atom is 0.319 e. The van der Waals surface area contributed by atoms with Crippen molar-refractivity contribution in [2.45, 2.75) is 32.7 Å². The fourth-order valence-electron chi connectivity index (χ4n) is 3.05. The molecule has 1 aliphatic carbocycles. The highest BCUT2D eigenvalue weighted by Gasteiger charge is 2.25. The smallest absolute Gasteiger partial charge is 0.319 e. The zero-order valence-electron chi connectivity index (χ0n) is 16.2. The van der Waals surface area contributed by atoms with Gasteiger partial charge in [-0.1, -0.05) is 12.1 Å². The number of anilines is 3. The van der Waals surface area contributed by atoms with Gasteiger partial charge >= 0.3 is 6.03 Å². The van der Waals surface area contributed by atoms with Crippen molar-refractivity contribution in [3.8, 4) is 11.3 Å². The molecule has 5 N–H and O–H groups in total. The van der Waals surface area contributed by atoms with E-state index in [2.05, 4.69) is 20.9 Å². The van der Waals surface area contributed by atoms with Gasteiger partial charge < -0.3 is 21.7 Å².